The molecule has 0 radical (unpaired) electrons. The number of nitrogens with one attached hydrogen (secondary N) is 1. The van der Waals surface area contributed by atoms with E-state index in [2.05, 4.69) is 24.9 Å². The second-order valence-electron chi connectivity index (χ2n) is 6.16. The van der Waals surface area contributed by atoms with Crippen molar-refractivity contribution in [1.29, 1.82) is 0 Å². The summed E-state index contributed by atoms with van der Waals surface area (Å²) < 4.78 is 43.6. The Kier molecular flexibility index (Phi) is 8.80. The number of halogens is 4. The molecule has 1 N–H and O–H groups in total. The van der Waals surface area contributed by atoms with E-state index in [1.807, 2.05) is 23.1 Å². The van der Waals surface area contributed by atoms with Gasteiger partial charge in [0.05, 0.1) is 0 Å². The molecule has 2 heterocycles. The van der Waals surface area contributed by atoms with Crippen molar-refractivity contribution >= 4 is 35.8 Å². The Morgan fingerprint density at radius 2 is 1.93 bits per heavy atom. The van der Waals surface area contributed by atoms with Crippen LogP contribution in [0.3, 0.4) is 0 Å². The number of aliphatic imine (C=N–C) groups is 1. The maximum atomic E-state index is 14.1. The molecule has 0 amide bonds. The third-order valence-electron chi connectivity index (χ3n) is 4.48. The van der Waals surface area contributed by atoms with Gasteiger partial charge in [0.25, 0.3) is 0 Å². The molecule has 158 valence electrons. The van der Waals surface area contributed by atoms with Gasteiger partial charge in [0.1, 0.15) is 17.4 Å². The number of aromatic nitrogens is 1. The predicted octanol–water partition coefficient (Wildman–Crippen LogP) is 3.34. The normalized spacial score (nSPS) is 14.6. The van der Waals surface area contributed by atoms with Gasteiger partial charge in [-0.3, -0.25) is 4.99 Å². The van der Waals surface area contributed by atoms with Crippen molar-refractivity contribution in [3.8, 4) is 5.75 Å². The highest BCUT2D eigenvalue weighted by atomic mass is 127. The summed E-state index contributed by atoms with van der Waals surface area (Å²) in [4.78, 5) is 12.8. The van der Waals surface area contributed by atoms with E-state index in [0.29, 0.717) is 19.0 Å². The van der Waals surface area contributed by atoms with Gasteiger partial charge in [-0.05, 0) is 24.3 Å². The van der Waals surface area contributed by atoms with Crippen LogP contribution in [0.1, 0.15) is 5.56 Å². The molecule has 10 heteroatoms. The van der Waals surface area contributed by atoms with E-state index < -0.39 is 12.4 Å². The van der Waals surface area contributed by atoms with Crippen molar-refractivity contribution in [3.63, 3.8) is 0 Å². The van der Waals surface area contributed by atoms with E-state index in [0.717, 1.165) is 18.9 Å². The lowest BCUT2D eigenvalue weighted by Crippen LogP contribution is -2.52. The fourth-order valence-corrected chi connectivity index (χ4v) is 3.10. The third-order valence-corrected chi connectivity index (χ3v) is 4.48. The highest BCUT2D eigenvalue weighted by Gasteiger charge is 2.21. The number of alkyl halides is 2. The summed E-state index contributed by atoms with van der Waals surface area (Å²) in [5.74, 6) is 0.705. The molecule has 0 atom stereocenters. The Labute approximate surface area is 184 Å². The molecule has 0 spiro atoms. The highest BCUT2D eigenvalue weighted by molar-refractivity contribution is 14.0. The van der Waals surface area contributed by atoms with E-state index in [9.17, 15) is 13.2 Å². The Morgan fingerprint density at radius 1 is 1.17 bits per heavy atom. The minimum absolute atomic E-state index is 0. The van der Waals surface area contributed by atoms with Crippen LogP contribution >= 0.6 is 24.0 Å². The molecule has 1 fully saturated rings. The number of benzene rings is 1. The lowest BCUT2D eigenvalue weighted by Gasteiger charge is -2.37. The van der Waals surface area contributed by atoms with Crippen LogP contribution in [0.15, 0.2) is 47.6 Å². The number of ether oxygens (including phenoxy) is 1. The van der Waals surface area contributed by atoms with Gasteiger partial charge in [0.15, 0.2) is 5.96 Å². The van der Waals surface area contributed by atoms with E-state index in [-0.39, 0.29) is 41.8 Å². The van der Waals surface area contributed by atoms with Gasteiger partial charge in [-0.1, -0.05) is 12.1 Å². The Morgan fingerprint density at radius 3 is 2.55 bits per heavy atom. The lowest BCUT2D eigenvalue weighted by molar-refractivity contribution is -0.0506. The number of rotatable bonds is 5. The zero-order valence-corrected chi connectivity index (χ0v) is 18.2. The van der Waals surface area contributed by atoms with Gasteiger partial charge in [0.2, 0.25) is 0 Å². The Balaban J connectivity index is 0.00000300. The number of hydrogen-bond acceptors (Lipinski definition) is 4. The molecule has 3 rings (SSSR count). The van der Waals surface area contributed by atoms with Crippen molar-refractivity contribution in [2.75, 3.05) is 38.1 Å². The van der Waals surface area contributed by atoms with Gasteiger partial charge in [0, 0.05) is 51.5 Å². The summed E-state index contributed by atoms with van der Waals surface area (Å²) in [6.07, 6.45) is 1.76. The molecule has 1 saturated heterocycles. The van der Waals surface area contributed by atoms with Crippen molar-refractivity contribution in [2.24, 2.45) is 4.99 Å². The molecule has 6 nitrogen and oxygen atoms in total. The molecule has 1 aromatic heterocycles. The molecule has 0 unspecified atom stereocenters. The smallest absolute Gasteiger partial charge is 0.387 e. The van der Waals surface area contributed by atoms with Crippen molar-refractivity contribution in [2.45, 2.75) is 13.2 Å². The summed E-state index contributed by atoms with van der Waals surface area (Å²) in [7, 11) is 1.63. The second-order valence-corrected chi connectivity index (χ2v) is 6.16. The van der Waals surface area contributed by atoms with E-state index in [4.69, 9.17) is 0 Å². The minimum Gasteiger partial charge on any atom is -0.434 e. The van der Waals surface area contributed by atoms with E-state index in [1.54, 1.807) is 13.2 Å². The average molecular weight is 521 g/mol. The van der Waals surface area contributed by atoms with Gasteiger partial charge in [-0.15, -0.1) is 24.0 Å². The summed E-state index contributed by atoms with van der Waals surface area (Å²) in [5.41, 5.74) is 0.0380. The topological polar surface area (TPSA) is 53.0 Å². The molecular formula is C19H23F3IN5O. The van der Waals surface area contributed by atoms with Crippen LogP contribution in [0.5, 0.6) is 5.75 Å². The number of piperazine rings is 1. The largest absolute Gasteiger partial charge is 0.434 e. The third kappa shape index (κ3) is 6.12. The standard InChI is InChI=1S/C19H22F3N5O.HI/c1-23-19(25-13-14-15(20)5-4-6-16(14)28-18(21)22)27-11-9-26(10-12-27)17-7-2-3-8-24-17;/h2-8,18H,9-13H2,1H3,(H,23,25);1H. The Bertz CT molecular complexity index is 802. The van der Waals surface area contributed by atoms with Crippen molar-refractivity contribution in [3.05, 3.63) is 54.0 Å². The van der Waals surface area contributed by atoms with Gasteiger partial charge >= 0.3 is 6.61 Å². The number of anilines is 1. The van der Waals surface area contributed by atoms with Crippen LogP contribution in [0.2, 0.25) is 0 Å². The molecule has 0 aliphatic carbocycles. The highest BCUT2D eigenvalue weighted by Crippen LogP contribution is 2.23. The zero-order valence-electron chi connectivity index (χ0n) is 15.9. The molecular weight excluding hydrogens is 498 g/mol. The van der Waals surface area contributed by atoms with E-state index >= 15 is 0 Å². The predicted molar refractivity (Wildman–Crippen MR) is 117 cm³/mol. The summed E-state index contributed by atoms with van der Waals surface area (Å²) in [5, 5.41) is 3.04. The van der Waals surface area contributed by atoms with E-state index in [1.165, 1.54) is 18.2 Å². The van der Waals surface area contributed by atoms with Gasteiger partial charge < -0.3 is 19.9 Å². The maximum absolute atomic E-state index is 14.1. The first-order valence-corrected chi connectivity index (χ1v) is 8.92. The summed E-state index contributed by atoms with van der Waals surface area (Å²) in [6, 6.07) is 9.65. The van der Waals surface area contributed by atoms with Crippen molar-refractivity contribution in [1.82, 2.24) is 15.2 Å². The number of guanidine groups is 1. The SMILES string of the molecule is CN=C(NCc1c(F)cccc1OC(F)F)N1CCN(c2ccccn2)CC1.I. The lowest BCUT2D eigenvalue weighted by atomic mass is 10.2. The van der Waals surface area contributed by atoms with Gasteiger partial charge in [-0.25, -0.2) is 9.37 Å². The quantitative estimate of drug-likeness (QED) is 0.372. The first-order chi connectivity index (χ1) is 13.6. The van der Waals surface area contributed by atoms with Crippen LogP contribution in [-0.4, -0.2) is 55.7 Å². The van der Waals surface area contributed by atoms with Crippen LogP contribution in [0.4, 0.5) is 19.0 Å². The van der Waals surface area contributed by atoms with Crippen LogP contribution < -0.4 is 15.0 Å². The van der Waals surface area contributed by atoms with Gasteiger partial charge in [-0.2, -0.15) is 8.78 Å². The van der Waals surface area contributed by atoms with Crippen molar-refractivity contribution < 1.29 is 17.9 Å². The molecule has 1 aliphatic heterocycles. The van der Waals surface area contributed by atoms with Crippen LogP contribution in [0, 0.1) is 5.82 Å². The molecule has 0 saturated carbocycles. The number of hydrogen-bond donors (Lipinski definition) is 1. The first kappa shape index (κ1) is 23.0. The molecule has 0 bridgehead atoms. The van der Waals surface area contributed by atoms with Crippen LogP contribution in [0.25, 0.3) is 0 Å². The molecule has 2 aromatic rings. The average Bonchev–Trinajstić information content (AvgIpc) is 2.71. The molecule has 29 heavy (non-hydrogen) atoms. The zero-order chi connectivity index (χ0) is 19.9. The minimum atomic E-state index is -3.01. The summed E-state index contributed by atoms with van der Waals surface area (Å²) >= 11 is 0. The maximum Gasteiger partial charge on any atom is 0.387 e. The fourth-order valence-electron chi connectivity index (χ4n) is 3.10. The second kappa shape index (κ2) is 11.1. The first-order valence-electron chi connectivity index (χ1n) is 8.92. The summed E-state index contributed by atoms with van der Waals surface area (Å²) in [6.45, 7) is -0.0996. The number of pyridine rings is 1. The fraction of sp³-hybridized carbons (Fsp3) is 0.368. The van der Waals surface area contributed by atoms with Crippen LogP contribution in [-0.2, 0) is 6.54 Å². The molecule has 1 aliphatic rings. The Hall–Kier alpha value is -2.24. The monoisotopic (exact) mass is 521 g/mol. The molecule has 1 aromatic carbocycles. The number of nitrogens with zero attached hydrogens (tertiary/aromatic N) is 4.